The number of hydrogen-bond acceptors (Lipinski definition) is 5. The molecule has 0 bridgehead atoms. The Balaban J connectivity index is 1.87. The molecule has 6 nitrogen and oxygen atoms in total. The molecule has 0 spiro atoms. The van der Waals surface area contributed by atoms with Crippen molar-refractivity contribution in [2.75, 3.05) is 5.43 Å². The van der Waals surface area contributed by atoms with Gasteiger partial charge in [-0.15, -0.1) is 10.2 Å². The smallest absolute Gasteiger partial charge is 0.416 e. The third kappa shape index (κ3) is 2.17. The zero-order valence-corrected chi connectivity index (χ0v) is 12.0. The average molecular weight is 333 g/mol. The van der Waals surface area contributed by atoms with Gasteiger partial charge in [-0.25, -0.2) is 5.84 Å². The van der Waals surface area contributed by atoms with Crippen molar-refractivity contribution in [3.8, 4) is 11.3 Å². The molecule has 0 atom stereocenters. The zero-order chi connectivity index (χ0) is 16.9. The van der Waals surface area contributed by atoms with Crippen molar-refractivity contribution in [2.45, 2.75) is 6.18 Å². The maximum absolute atomic E-state index is 12.9. The number of anilines is 1. The molecule has 24 heavy (non-hydrogen) atoms. The summed E-state index contributed by atoms with van der Waals surface area (Å²) in [4.78, 5) is 0. The fourth-order valence-electron chi connectivity index (χ4n) is 2.60. The standard InChI is InChI=1S/C15H10F3N5O/c16-15(17,18)9-3-1-2-8(4-9)12-5-10-13(24-12)6-11-14(21-19)22-20-7-23(10)11/h1-7H,19H2,(H,21,22). The van der Waals surface area contributed by atoms with E-state index in [9.17, 15) is 13.2 Å². The second-order valence-electron chi connectivity index (χ2n) is 5.16. The van der Waals surface area contributed by atoms with E-state index in [4.69, 9.17) is 10.3 Å². The Labute approximate surface area is 132 Å². The number of nitrogens with one attached hydrogen (secondary N) is 1. The molecule has 0 saturated carbocycles. The topological polar surface area (TPSA) is 81.4 Å². The predicted octanol–water partition coefficient (Wildman–Crippen LogP) is 3.45. The highest BCUT2D eigenvalue weighted by Gasteiger charge is 2.30. The monoisotopic (exact) mass is 333 g/mol. The molecular formula is C15H10F3N5O. The van der Waals surface area contributed by atoms with E-state index in [-0.39, 0.29) is 0 Å². The molecule has 0 saturated heterocycles. The Hall–Kier alpha value is -3.07. The third-order valence-corrected chi connectivity index (χ3v) is 3.71. The molecular weight excluding hydrogens is 323 g/mol. The van der Waals surface area contributed by atoms with Crippen LogP contribution in [-0.2, 0) is 6.18 Å². The highest BCUT2D eigenvalue weighted by Crippen LogP contribution is 2.35. The number of aromatic nitrogens is 3. The van der Waals surface area contributed by atoms with Gasteiger partial charge in [-0.3, -0.25) is 4.40 Å². The van der Waals surface area contributed by atoms with Crippen molar-refractivity contribution in [1.82, 2.24) is 14.6 Å². The number of fused-ring (bicyclic) bond motifs is 3. The van der Waals surface area contributed by atoms with Gasteiger partial charge >= 0.3 is 6.18 Å². The van der Waals surface area contributed by atoms with Crippen LogP contribution in [0.2, 0.25) is 0 Å². The van der Waals surface area contributed by atoms with Gasteiger partial charge < -0.3 is 9.84 Å². The fraction of sp³-hybridized carbons (Fsp3) is 0.0667. The summed E-state index contributed by atoms with van der Waals surface area (Å²) in [6, 6.07) is 8.32. The minimum Gasteiger partial charge on any atom is -0.454 e. The van der Waals surface area contributed by atoms with Crippen molar-refractivity contribution >= 4 is 22.4 Å². The quantitative estimate of drug-likeness (QED) is 0.434. The molecule has 9 heteroatoms. The minimum atomic E-state index is -4.41. The van der Waals surface area contributed by atoms with Gasteiger partial charge in [0, 0.05) is 17.7 Å². The molecule has 0 radical (unpaired) electrons. The number of benzene rings is 1. The van der Waals surface area contributed by atoms with E-state index in [0.717, 1.165) is 12.1 Å². The summed E-state index contributed by atoms with van der Waals surface area (Å²) in [5, 5.41) is 7.66. The van der Waals surface area contributed by atoms with Crippen LogP contribution in [0.4, 0.5) is 19.0 Å². The Bertz CT molecular complexity index is 1050. The summed E-state index contributed by atoms with van der Waals surface area (Å²) in [5.74, 6) is 6.08. The number of nitrogen functional groups attached to an aromatic ring is 1. The molecule has 1 aromatic carbocycles. The Kier molecular flexibility index (Phi) is 3.00. The van der Waals surface area contributed by atoms with Crippen LogP contribution in [-0.4, -0.2) is 14.6 Å². The molecule has 0 unspecified atom stereocenters. The Morgan fingerprint density at radius 1 is 1.12 bits per heavy atom. The van der Waals surface area contributed by atoms with E-state index in [1.165, 1.54) is 12.4 Å². The number of hydrazine groups is 1. The fourth-order valence-corrected chi connectivity index (χ4v) is 2.60. The van der Waals surface area contributed by atoms with Gasteiger partial charge in [-0.1, -0.05) is 12.1 Å². The highest BCUT2D eigenvalue weighted by molar-refractivity contribution is 5.89. The Morgan fingerprint density at radius 2 is 1.96 bits per heavy atom. The van der Waals surface area contributed by atoms with Gasteiger partial charge in [0.25, 0.3) is 0 Å². The third-order valence-electron chi connectivity index (χ3n) is 3.71. The zero-order valence-electron chi connectivity index (χ0n) is 12.0. The molecule has 4 aromatic rings. The first-order valence-electron chi connectivity index (χ1n) is 6.88. The minimum absolute atomic E-state index is 0.333. The number of nitrogens with zero attached hydrogens (tertiary/aromatic N) is 3. The maximum atomic E-state index is 12.9. The van der Waals surface area contributed by atoms with Gasteiger partial charge in [0.15, 0.2) is 11.4 Å². The van der Waals surface area contributed by atoms with Crippen molar-refractivity contribution < 1.29 is 17.6 Å². The first kappa shape index (κ1) is 14.5. The summed E-state index contributed by atoms with van der Waals surface area (Å²) < 4.78 is 45.9. The van der Waals surface area contributed by atoms with E-state index < -0.39 is 11.7 Å². The van der Waals surface area contributed by atoms with Gasteiger partial charge in [0.05, 0.1) is 16.6 Å². The summed E-state index contributed by atoms with van der Waals surface area (Å²) in [6.45, 7) is 0. The van der Waals surface area contributed by atoms with Gasteiger partial charge in [-0.2, -0.15) is 13.2 Å². The lowest BCUT2D eigenvalue weighted by atomic mass is 10.1. The lowest BCUT2D eigenvalue weighted by Crippen LogP contribution is -2.10. The number of nitrogens with two attached hydrogens (primary N) is 1. The highest BCUT2D eigenvalue weighted by atomic mass is 19.4. The van der Waals surface area contributed by atoms with Crippen LogP contribution in [0.5, 0.6) is 0 Å². The van der Waals surface area contributed by atoms with Crippen LogP contribution in [0.1, 0.15) is 5.56 Å². The SMILES string of the molecule is NNc1nncn2c1cc1oc(-c3cccc(C(F)(F)F)c3)cc12. The molecule has 122 valence electrons. The lowest BCUT2D eigenvalue weighted by molar-refractivity contribution is -0.137. The molecule has 3 N–H and O–H groups in total. The van der Waals surface area contributed by atoms with E-state index in [1.807, 2.05) is 0 Å². The summed E-state index contributed by atoms with van der Waals surface area (Å²) in [6.07, 6.45) is -2.93. The molecule has 0 aliphatic carbocycles. The summed E-state index contributed by atoms with van der Waals surface area (Å²) in [7, 11) is 0. The number of hydrogen-bond donors (Lipinski definition) is 2. The lowest BCUT2D eigenvalue weighted by Gasteiger charge is -2.07. The molecule has 4 rings (SSSR count). The largest absolute Gasteiger partial charge is 0.454 e. The van der Waals surface area contributed by atoms with Crippen molar-refractivity contribution in [2.24, 2.45) is 5.84 Å². The molecule has 0 aliphatic rings. The molecule has 0 aliphatic heterocycles. The van der Waals surface area contributed by atoms with E-state index >= 15 is 0 Å². The van der Waals surface area contributed by atoms with Crippen molar-refractivity contribution in [3.05, 3.63) is 48.3 Å². The normalized spacial score (nSPS) is 12.2. The van der Waals surface area contributed by atoms with Crippen LogP contribution < -0.4 is 11.3 Å². The summed E-state index contributed by atoms with van der Waals surface area (Å²) >= 11 is 0. The average Bonchev–Trinajstić information content (AvgIpc) is 3.12. The first-order valence-corrected chi connectivity index (χ1v) is 6.88. The van der Waals surface area contributed by atoms with Crippen LogP contribution in [0.15, 0.2) is 47.1 Å². The Morgan fingerprint density at radius 3 is 2.71 bits per heavy atom. The van der Waals surface area contributed by atoms with E-state index in [0.29, 0.717) is 33.8 Å². The molecule has 0 amide bonds. The predicted molar refractivity (Wildman–Crippen MR) is 81.0 cm³/mol. The molecule has 3 aromatic heterocycles. The van der Waals surface area contributed by atoms with Crippen molar-refractivity contribution in [1.29, 1.82) is 0 Å². The number of rotatable bonds is 2. The summed E-state index contributed by atoms with van der Waals surface area (Å²) in [5.41, 5.74) is 3.84. The first-order chi connectivity index (χ1) is 11.5. The maximum Gasteiger partial charge on any atom is 0.416 e. The van der Waals surface area contributed by atoms with Crippen LogP contribution in [0.3, 0.4) is 0 Å². The number of alkyl halides is 3. The van der Waals surface area contributed by atoms with Gasteiger partial charge in [0.2, 0.25) is 0 Å². The van der Waals surface area contributed by atoms with E-state index in [2.05, 4.69) is 15.6 Å². The van der Waals surface area contributed by atoms with E-state index in [1.54, 1.807) is 22.6 Å². The van der Waals surface area contributed by atoms with Crippen LogP contribution in [0, 0.1) is 0 Å². The van der Waals surface area contributed by atoms with Gasteiger partial charge in [0.1, 0.15) is 12.1 Å². The number of halogens is 3. The van der Waals surface area contributed by atoms with Crippen LogP contribution >= 0.6 is 0 Å². The second-order valence-corrected chi connectivity index (χ2v) is 5.16. The van der Waals surface area contributed by atoms with Crippen LogP contribution in [0.25, 0.3) is 27.9 Å². The van der Waals surface area contributed by atoms with Crippen molar-refractivity contribution in [3.63, 3.8) is 0 Å². The number of furan rings is 1. The second kappa shape index (κ2) is 4.96. The molecule has 0 fully saturated rings. The van der Waals surface area contributed by atoms with Gasteiger partial charge in [-0.05, 0) is 12.1 Å². The molecule has 3 heterocycles.